The van der Waals surface area contributed by atoms with E-state index in [0.29, 0.717) is 11.6 Å². The second-order valence-corrected chi connectivity index (χ2v) is 7.62. The van der Waals surface area contributed by atoms with Crippen molar-refractivity contribution in [3.05, 3.63) is 59.4 Å². The van der Waals surface area contributed by atoms with E-state index in [1.807, 2.05) is 19.1 Å². The fourth-order valence-corrected chi connectivity index (χ4v) is 4.25. The third-order valence-electron chi connectivity index (χ3n) is 5.85. The van der Waals surface area contributed by atoms with Crippen LogP contribution < -0.4 is 0 Å². The largest absolute Gasteiger partial charge is 0.354 e. The number of aromatic nitrogens is 1. The van der Waals surface area contributed by atoms with Gasteiger partial charge in [0.25, 0.3) is 0 Å². The van der Waals surface area contributed by atoms with E-state index < -0.39 is 0 Å². The number of hydrogen-bond donors (Lipinski definition) is 1. The van der Waals surface area contributed by atoms with Gasteiger partial charge in [-0.15, -0.1) is 0 Å². The Balaban J connectivity index is 1.70. The number of likely N-dealkylation sites (tertiary alicyclic amines) is 1. The second-order valence-electron chi connectivity index (χ2n) is 7.62. The van der Waals surface area contributed by atoms with Gasteiger partial charge >= 0.3 is 0 Å². The lowest BCUT2D eigenvalue weighted by Crippen LogP contribution is -2.38. The monoisotopic (exact) mass is 350 g/mol. The SMILES string of the molecule is Cc1cc(-c2[nH]c3ccccc3c2CCN2CCCCC2C)ccc1F. The Labute approximate surface area is 155 Å². The molecule has 1 atom stereocenters. The summed E-state index contributed by atoms with van der Waals surface area (Å²) in [4.78, 5) is 6.20. The molecule has 1 saturated heterocycles. The number of nitrogens with one attached hydrogen (secondary N) is 1. The maximum Gasteiger partial charge on any atom is 0.126 e. The molecular weight excluding hydrogens is 323 g/mol. The zero-order valence-corrected chi connectivity index (χ0v) is 15.7. The molecule has 1 aromatic heterocycles. The number of piperidine rings is 1. The van der Waals surface area contributed by atoms with E-state index in [-0.39, 0.29) is 5.82 Å². The highest BCUT2D eigenvalue weighted by molar-refractivity contribution is 5.90. The first-order chi connectivity index (χ1) is 12.6. The van der Waals surface area contributed by atoms with Gasteiger partial charge in [-0.1, -0.05) is 24.6 Å². The van der Waals surface area contributed by atoms with Gasteiger partial charge in [0.1, 0.15) is 5.82 Å². The molecule has 0 bridgehead atoms. The van der Waals surface area contributed by atoms with Gasteiger partial charge in [0.05, 0.1) is 0 Å². The number of nitrogens with zero attached hydrogens (tertiary/aromatic N) is 1. The lowest BCUT2D eigenvalue weighted by atomic mass is 9.99. The molecule has 1 N–H and O–H groups in total. The van der Waals surface area contributed by atoms with Crippen molar-refractivity contribution >= 4 is 10.9 Å². The van der Waals surface area contributed by atoms with Crippen LogP contribution in [0.25, 0.3) is 22.2 Å². The van der Waals surface area contributed by atoms with Gasteiger partial charge < -0.3 is 9.88 Å². The number of benzene rings is 2. The smallest absolute Gasteiger partial charge is 0.126 e. The minimum atomic E-state index is -0.145. The molecular formula is C23H27FN2. The third kappa shape index (κ3) is 3.28. The molecule has 1 fully saturated rings. The van der Waals surface area contributed by atoms with Gasteiger partial charge in [-0.3, -0.25) is 0 Å². The first kappa shape index (κ1) is 17.3. The van der Waals surface area contributed by atoms with E-state index in [4.69, 9.17) is 0 Å². The Hall–Kier alpha value is -2.13. The van der Waals surface area contributed by atoms with Crippen molar-refractivity contribution in [2.45, 2.75) is 45.6 Å². The molecule has 0 spiro atoms. The summed E-state index contributed by atoms with van der Waals surface area (Å²) in [6, 6.07) is 14.6. The van der Waals surface area contributed by atoms with Crippen LogP contribution in [0.1, 0.15) is 37.3 Å². The van der Waals surface area contributed by atoms with Crippen LogP contribution in [0.5, 0.6) is 0 Å². The van der Waals surface area contributed by atoms with Crippen LogP contribution >= 0.6 is 0 Å². The number of aromatic amines is 1. The van der Waals surface area contributed by atoms with Gasteiger partial charge in [0.2, 0.25) is 0 Å². The highest BCUT2D eigenvalue weighted by Gasteiger charge is 2.20. The predicted molar refractivity (Wildman–Crippen MR) is 107 cm³/mol. The summed E-state index contributed by atoms with van der Waals surface area (Å²) in [6.07, 6.45) is 4.98. The van der Waals surface area contributed by atoms with E-state index in [1.165, 1.54) is 36.8 Å². The van der Waals surface area contributed by atoms with Crippen molar-refractivity contribution in [1.29, 1.82) is 0 Å². The van der Waals surface area contributed by atoms with Crippen molar-refractivity contribution in [3.63, 3.8) is 0 Å². The molecule has 0 saturated carbocycles. The summed E-state index contributed by atoms with van der Waals surface area (Å²) in [5, 5.41) is 1.29. The molecule has 2 heterocycles. The molecule has 0 radical (unpaired) electrons. The Kier molecular flexibility index (Phi) is 4.82. The molecule has 3 aromatic rings. The Morgan fingerprint density at radius 1 is 1.15 bits per heavy atom. The van der Waals surface area contributed by atoms with Crippen molar-refractivity contribution in [3.8, 4) is 11.3 Å². The molecule has 4 rings (SSSR count). The van der Waals surface area contributed by atoms with Crippen molar-refractivity contribution in [1.82, 2.24) is 9.88 Å². The van der Waals surface area contributed by atoms with E-state index in [2.05, 4.69) is 41.1 Å². The van der Waals surface area contributed by atoms with Gasteiger partial charge in [-0.05, 0) is 80.6 Å². The minimum Gasteiger partial charge on any atom is -0.354 e. The molecule has 2 nitrogen and oxygen atoms in total. The van der Waals surface area contributed by atoms with Crippen molar-refractivity contribution in [2.24, 2.45) is 0 Å². The van der Waals surface area contributed by atoms with Crippen LogP contribution in [-0.4, -0.2) is 29.0 Å². The number of halogens is 1. The van der Waals surface area contributed by atoms with Gasteiger partial charge in [0, 0.05) is 29.2 Å². The number of rotatable bonds is 4. The van der Waals surface area contributed by atoms with Crippen LogP contribution in [0.3, 0.4) is 0 Å². The van der Waals surface area contributed by atoms with Crippen LogP contribution in [0.15, 0.2) is 42.5 Å². The van der Waals surface area contributed by atoms with Gasteiger partial charge in [-0.2, -0.15) is 0 Å². The van der Waals surface area contributed by atoms with Crippen molar-refractivity contribution in [2.75, 3.05) is 13.1 Å². The van der Waals surface area contributed by atoms with E-state index >= 15 is 0 Å². The lowest BCUT2D eigenvalue weighted by Gasteiger charge is -2.33. The zero-order valence-electron chi connectivity index (χ0n) is 15.7. The van der Waals surface area contributed by atoms with Crippen LogP contribution in [0, 0.1) is 12.7 Å². The fourth-order valence-electron chi connectivity index (χ4n) is 4.25. The summed E-state index contributed by atoms with van der Waals surface area (Å²) < 4.78 is 13.7. The molecule has 0 aliphatic carbocycles. The molecule has 2 aromatic carbocycles. The number of para-hydroxylation sites is 1. The standard InChI is InChI=1S/C23H27FN2/c1-16-15-18(10-11-21(16)24)23-20(19-8-3-4-9-22(19)25-23)12-14-26-13-6-5-7-17(26)2/h3-4,8-11,15,17,25H,5-7,12-14H2,1-2H3. The number of fused-ring (bicyclic) bond motifs is 1. The highest BCUT2D eigenvalue weighted by Crippen LogP contribution is 2.32. The Morgan fingerprint density at radius 3 is 2.81 bits per heavy atom. The number of hydrogen-bond acceptors (Lipinski definition) is 1. The van der Waals surface area contributed by atoms with E-state index in [9.17, 15) is 4.39 Å². The lowest BCUT2D eigenvalue weighted by molar-refractivity contribution is 0.163. The first-order valence-electron chi connectivity index (χ1n) is 9.73. The minimum absolute atomic E-state index is 0.145. The quantitative estimate of drug-likeness (QED) is 0.639. The first-order valence-corrected chi connectivity index (χ1v) is 9.73. The summed E-state index contributed by atoms with van der Waals surface area (Å²) in [5.41, 5.74) is 5.41. The molecule has 1 unspecified atom stereocenters. The van der Waals surface area contributed by atoms with Crippen LogP contribution in [-0.2, 0) is 6.42 Å². The number of aryl methyl sites for hydroxylation is 1. The molecule has 136 valence electrons. The molecule has 3 heteroatoms. The Morgan fingerprint density at radius 2 is 2.00 bits per heavy atom. The number of H-pyrrole nitrogens is 1. The van der Waals surface area contributed by atoms with Gasteiger partial charge in [-0.25, -0.2) is 4.39 Å². The van der Waals surface area contributed by atoms with Crippen LogP contribution in [0.2, 0.25) is 0 Å². The zero-order chi connectivity index (χ0) is 18.1. The third-order valence-corrected chi connectivity index (χ3v) is 5.85. The second kappa shape index (κ2) is 7.24. The normalized spacial score (nSPS) is 18.5. The average Bonchev–Trinajstić information content (AvgIpc) is 3.02. The van der Waals surface area contributed by atoms with E-state index in [0.717, 1.165) is 29.7 Å². The average molecular weight is 350 g/mol. The highest BCUT2D eigenvalue weighted by atomic mass is 19.1. The topological polar surface area (TPSA) is 19.0 Å². The fraction of sp³-hybridized carbons (Fsp3) is 0.391. The van der Waals surface area contributed by atoms with Crippen molar-refractivity contribution < 1.29 is 4.39 Å². The molecule has 0 amide bonds. The summed E-state index contributed by atoms with van der Waals surface area (Å²) in [6.45, 7) is 6.46. The summed E-state index contributed by atoms with van der Waals surface area (Å²) in [5.74, 6) is -0.145. The van der Waals surface area contributed by atoms with Crippen LogP contribution in [0.4, 0.5) is 4.39 Å². The molecule has 1 aliphatic heterocycles. The molecule has 26 heavy (non-hydrogen) atoms. The van der Waals surface area contributed by atoms with Gasteiger partial charge in [0.15, 0.2) is 0 Å². The maximum absolute atomic E-state index is 13.7. The maximum atomic E-state index is 13.7. The molecule has 1 aliphatic rings. The predicted octanol–water partition coefficient (Wildman–Crippen LogP) is 5.70. The summed E-state index contributed by atoms with van der Waals surface area (Å²) in [7, 11) is 0. The summed E-state index contributed by atoms with van der Waals surface area (Å²) >= 11 is 0. The van der Waals surface area contributed by atoms with E-state index in [1.54, 1.807) is 6.07 Å². The Bertz CT molecular complexity index is 912.